The van der Waals surface area contributed by atoms with E-state index >= 15 is 0 Å². The number of fused-ring (bicyclic) bond motifs is 1. The molecule has 0 aromatic carbocycles. The smallest absolute Gasteiger partial charge is 0.308 e. The second kappa shape index (κ2) is 4.85. The first-order valence-electron chi connectivity index (χ1n) is 6.13. The van der Waals surface area contributed by atoms with Crippen molar-refractivity contribution < 1.29 is 9.53 Å². The molecule has 0 N–H and O–H groups in total. The lowest BCUT2D eigenvalue weighted by atomic mass is 9.98. The number of carbonyl (C=O) groups is 1. The standard InChI is InChI=1S/C12H19N3O2/c1-8(2)11-10-5-4-9(12(16)17-3)6-7-15(10)14-13-11/h8-9H,4-7H2,1-3H3/t9-/m1/s1. The van der Waals surface area contributed by atoms with Gasteiger partial charge < -0.3 is 4.74 Å². The van der Waals surface area contributed by atoms with Gasteiger partial charge in [0.25, 0.3) is 0 Å². The summed E-state index contributed by atoms with van der Waals surface area (Å²) in [6.07, 6.45) is 2.49. The van der Waals surface area contributed by atoms with E-state index in [1.54, 1.807) is 0 Å². The minimum atomic E-state index is -0.102. The summed E-state index contributed by atoms with van der Waals surface area (Å²) in [6.45, 7) is 5.00. The Hall–Kier alpha value is -1.39. The zero-order valence-corrected chi connectivity index (χ0v) is 10.6. The maximum atomic E-state index is 11.5. The Labute approximate surface area is 101 Å². The molecule has 5 nitrogen and oxygen atoms in total. The number of esters is 1. The molecule has 0 bridgehead atoms. The number of hydrogen-bond acceptors (Lipinski definition) is 4. The Kier molecular flexibility index (Phi) is 3.45. The average molecular weight is 237 g/mol. The molecule has 0 saturated carbocycles. The second-order valence-corrected chi connectivity index (χ2v) is 4.85. The lowest BCUT2D eigenvalue weighted by Gasteiger charge is -2.10. The van der Waals surface area contributed by atoms with Crippen LogP contribution in [0.1, 0.15) is 44.0 Å². The molecule has 0 amide bonds. The van der Waals surface area contributed by atoms with Gasteiger partial charge in [-0.05, 0) is 25.2 Å². The normalized spacial score (nSPS) is 19.9. The first kappa shape index (κ1) is 12.1. The Balaban J connectivity index is 2.16. The van der Waals surface area contributed by atoms with Gasteiger partial charge in [0.1, 0.15) is 0 Å². The van der Waals surface area contributed by atoms with Crippen molar-refractivity contribution in [1.29, 1.82) is 0 Å². The van der Waals surface area contributed by atoms with Crippen LogP contribution in [0.2, 0.25) is 0 Å². The zero-order valence-electron chi connectivity index (χ0n) is 10.6. The number of aryl methyl sites for hydroxylation is 1. The van der Waals surface area contributed by atoms with E-state index in [9.17, 15) is 4.79 Å². The van der Waals surface area contributed by atoms with E-state index in [4.69, 9.17) is 4.74 Å². The van der Waals surface area contributed by atoms with Crippen molar-refractivity contribution in [2.24, 2.45) is 5.92 Å². The predicted octanol–water partition coefficient (Wildman–Crippen LogP) is 1.53. The zero-order chi connectivity index (χ0) is 12.4. The molecule has 0 radical (unpaired) electrons. The van der Waals surface area contributed by atoms with Gasteiger partial charge in [0.05, 0.1) is 24.4 Å². The number of rotatable bonds is 2. The van der Waals surface area contributed by atoms with Gasteiger partial charge >= 0.3 is 5.97 Å². The number of ether oxygens (including phenoxy) is 1. The molecule has 0 spiro atoms. The number of aromatic nitrogens is 3. The van der Waals surface area contributed by atoms with Crippen LogP contribution in [0.4, 0.5) is 0 Å². The maximum absolute atomic E-state index is 11.5. The number of carbonyl (C=O) groups excluding carboxylic acids is 1. The highest BCUT2D eigenvalue weighted by molar-refractivity contribution is 5.72. The summed E-state index contributed by atoms with van der Waals surface area (Å²) >= 11 is 0. The molecule has 17 heavy (non-hydrogen) atoms. The van der Waals surface area contributed by atoms with Crippen LogP contribution in [-0.4, -0.2) is 28.1 Å². The molecule has 5 heteroatoms. The molecule has 1 atom stereocenters. The first-order chi connectivity index (χ1) is 8.13. The van der Waals surface area contributed by atoms with Crippen LogP contribution in [0, 0.1) is 5.92 Å². The van der Waals surface area contributed by atoms with Crippen molar-refractivity contribution in [3.63, 3.8) is 0 Å². The summed E-state index contributed by atoms with van der Waals surface area (Å²) in [5.74, 6) is 0.282. The molecule has 1 aliphatic rings. The summed E-state index contributed by atoms with van der Waals surface area (Å²) < 4.78 is 6.76. The fourth-order valence-electron chi connectivity index (χ4n) is 2.37. The van der Waals surface area contributed by atoms with Crippen molar-refractivity contribution in [3.8, 4) is 0 Å². The molecule has 0 saturated heterocycles. The summed E-state index contributed by atoms with van der Waals surface area (Å²) in [6, 6.07) is 0. The SMILES string of the molecule is COC(=O)[C@@H]1CCc2c(C(C)C)nnn2CC1. The highest BCUT2D eigenvalue weighted by Crippen LogP contribution is 2.25. The van der Waals surface area contributed by atoms with Crippen LogP contribution in [0.15, 0.2) is 0 Å². The molecule has 94 valence electrons. The first-order valence-corrected chi connectivity index (χ1v) is 6.13. The molecule has 1 aliphatic heterocycles. The fourth-order valence-corrected chi connectivity index (χ4v) is 2.37. The average Bonchev–Trinajstić information content (AvgIpc) is 2.61. The monoisotopic (exact) mass is 237 g/mol. The summed E-state index contributed by atoms with van der Waals surface area (Å²) in [5, 5.41) is 8.40. The molecule has 2 heterocycles. The molecule has 1 aromatic rings. The van der Waals surface area contributed by atoms with Crippen LogP contribution < -0.4 is 0 Å². The quantitative estimate of drug-likeness (QED) is 0.732. The van der Waals surface area contributed by atoms with E-state index in [1.807, 2.05) is 4.68 Å². The Morgan fingerprint density at radius 2 is 2.24 bits per heavy atom. The third kappa shape index (κ3) is 2.33. The minimum Gasteiger partial charge on any atom is -0.469 e. The number of methoxy groups -OCH3 is 1. The van der Waals surface area contributed by atoms with Gasteiger partial charge in [-0.3, -0.25) is 4.79 Å². The van der Waals surface area contributed by atoms with Gasteiger partial charge in [0.15, 0.2) is 0 Å². The third-order valence-corrected chi connectivity index (χ3v) is 3.37. The van der Waals surface area contributed by atoms with E-state index < -0.39 is 0 Å². The van der Waals surface area contributed by atoms with E-state index in [1.165, 1.54) is 12.8 Å². The summed E-state index contributed by atoms with van der Waals surface area (Å²) in [5.41, 5.74) is 2.25. The lowest BCUT2D eigenvalue weighted by molar-refractivity contribution is -0.145. The minimum absolute atomic E-state index is 0.00159. The second-order valence-electron chi connectivity index (χ2n) is 4.85. The van der Waals surface area contributed by atoms with E-state index in [2.05, 4.69) is 24.2 Å². The lowest BCUT2D eigenvalue weighted by Crippen LogP contribution is -2.17. The van der Waals surface area contributed by atoms with Gasteiger partial charge in [0, 0.05) is 6.54 Å². The molecular weight excluding hydrogens is 218 g/mol. The van der Waals surface area contributed by atoms with Crippen molar-refractivity contribution >= 4 is 5.97 Å². The predicted molar refractivity (Wildman–Crippen MR) is 62.6 cm³/mol. The van der Waals surface area contributed by atoms with E-state index in [-0.39, 0.29) is 11.9 Å². The van der Waals surface area contributed by atoms with E-state index in [0.29, 0.717) is 5.92 Å². The fraction of sp³-hybridized carbons (Fsp3) is 0.750. The summed E-state index contributed by atoms with van der Waals surface area (Å²) in [4.78, 5) is 11.5. The summed E-state index contributed by atoms with van der Waals surface area (Å²) in [7, 11) is 1.45. The van der Waals surface area contributed by atoms with Crippen LogP contribution >= 0.6 is 0 Å². The van der Waals surface area contributed by atoms with Gasteiger partial charge in [-0.1, -0.05) is 19.1 Å². The Bertz CT molecular complexity index is 412. The van der Waals surface area contributed by atoms with Crippen molar-refractivity contribution in [2.75, 3.05) is 7.11 Å². The molecule has 0 unspecified atom stereocenters. The molecule has 1 aromatic heterocycles. The van der Waals surface area contributed by atoms with Gasteiger partial charge in [-0.15, -0.1) is 5.10 Å². The van der Waals surface area contributed by atoms with Crippen LogP contribution in [-0.2, 0) is 22.5 Å². The molecular formula is C12H19N3O2. The molecule has 2 rings (SSSR count). The van der Waals surface area contributed by atoms with Crippen LogP contribution in [0.25, 0.3) is 0 Å². The van der Waals surface area contributed by atoms with Crippen molar-refractivity contribution in [1.82, 2.24) is 15.0 Å². The highest BCUT2D eigenvalue weighted by atomic mass is 16.5. The maximum Gasteiger partial charge on any atom is 0.308 e. The number of hydrogen-bond donors (Lipinski definition) is 0. The Morgan fingerprint density at radius 3 is 2.88 bits per heavy atom. The highest BCUT2D eigenvalue weighted by Gasteiger charge is 2.26. The topological polar surface area (TPSA) is 57.0 Å². The van der Waals surface area contributed by atoms with Gasteiger partial charge in [-0.2, -0.15) is 0 Å². The van der Waals surface area contributed by atoms with Gasteiger partial charge in [0.2, 0.25) is 0 Å². The largest absolute Gasteiger partial charge is 0.469 e. The number of nitrogens with zero attached hydrogens (tertiary/aromatic N) is 3. The van der Waals surface area contributed by atoms with Crippen LogP contribution in [0.3, 0.4) is 0 Å². The van der Waals surface area contributed by atoms with Gasteiger partial charge in [-0.25, -0.2) is 4.68 Å². The van der Waals surface area contributed by atoms with Crippen molar-refractivity contribution in [3.05, 3.63) is 11.4 Å². The third-order valence-electron chi connectivity index (χ3n) is 3.37. The van der Waals surface area contributed by atoms with E-state index in [0.717, 1.165) is 31.5 Å². The van der Waals surface area contributed by atoms with Crippen LogP contribution in [0.5, 0.6) is 0 Å². The molecule has 0 fully saturated rings. The van der Waals surface area contributed by atoms with Crippen molar-refractivity contribution in [2.45, 2.75) is 45.6 Å². The molecule has 0 aliphatic carbocycles. The Morgan fingerprint density at radius 1 is 1.47 bits per heavy atom.